The van der Waals surface area contributed by atoms with E-state index in [0.717, 1.165) is 13.0 Å². The first kappa shape index (κ1) is 10.0. The average molecular weight is 254 g/mol. The molecule has 0 aromatic heterocycles. The zero-order chi connectivity index (χ0) is 10.3. The van der Waals surface area contributed by atoms with E-state index in [1.54, 1.807) is 0 Å². The summed E-state index contributed by atoms with van der Waals surface area (Å²) in [7, 11) is 0. The number of hydrogen-bond donors (Lipinski definition) is 1. The maximum absolute atomic E-state index is 3.55. The Morgan fingerprint density at radius 1 is 1.36 bits per heavy atom. The zero-order valence-electron chi connectivity index (χ0n) is 8.95. The summed E-state index contributed by atoms with van der Waals surface area (Å²) in [5.74, 6) is 0. The van der Waals surface area contributed by atoms with Crippen LogP contribution in [-0.4, -0.2) is 6.54 Å². The minimum Gasteiger partial charge on any atom is -0.384 e. The van der Waals surface area contributed by atoms with Crippen LogP contribution in [0.3, 0.4) is 0 Å². The topological polar surface area (TPSA) is 12.0 Å². The first-order valence-corrected chi connectivity index (χ1v) is 5.80. The van der Waals surface area contributed by atoms with Gasteiger partial charge in [0.25, 0.3) is 0 Å². The van der Waals surface area contributed by atoms with E-state index < -0.39 is 0 Å². The van der Waals surface area contributed by atoms with Gasteiger partial charge in [-0.15, -0.1) is 0 Å². The Kier molecular flexibility index (Phi) is 2.34. The fourth-order valence-corrected chi connectivity index (χ4v) is 2.73. The van der Waals surface area contributed by atoms with E-state index in [2.05, 4.69) is 54.2 Å². The molecule has 1 N–H and O–H groups in total. The largest absolute Gasteiger partial charge is 0.384 e. The maximum Gasteiger partial charge on any atom is 0.0403 e. The Bertz CT molecular complexity index is 369. The minimum absolute atomic E-state index is 0.375. The number of fused-ring (bicyclic) bond motifs is 1. The molecule has 1 aliphatic rings. The molecule has 0 atom stereocenters. The van der Waals surface area contributed by atoms with Crippen molar-refractivity contribution in [3.63, 3.8) is 0 Å². The van der Waals surface area contributed by atoms with Gasteiger partial charge in [0.1, 0.15) is 0 Å². The number of aryl methyl sites for hydroxylation is 1. The molecule has 0 bridgehead atoms. The molecule has 0 fully saturated rings. The van der Waals surface area contributed by atoms with Gasteiger partial charge in [0.15, 0.2) is 0 Å². The average Bonchev–Trinajstić information content (AvgIpc) is 2.00. The smallest absolute Gasteiger partial charge is 0.0403 e. The van der Waals surface area contributed by atoms with E-state index in [9.17, 15) is 0 Å². The van der Waals surface area contributed by atoms with E-state index >= 15 is 0 Å². The molecule has 0 spiro atoms. The van der Waals surface area contributed by atoms with Crippen molar-refractivity contribution in [3.05, 3.63) is 27.7 Å². The van der Waals surface area contributed by atoms with E-state index in [1.165, 1.54) is 21.3 Å². The van der Waals surface area contributed by atoms with Crippen LogP contribution >= 0.6 is 15.9 Å². The Hall–Kier alpha value is -0.500. The van der Waals surface area contributed by atoms with Crippen molar-refractivity contribution in [2.45, 2.75) is 27.2 Å². The lowest BCUT2D eigenvalue weighted by molar-refractivity contribution is 0.379. The molecule has 0 radical (unpaired) electrons. The van der Waals surface area contributed by atoms with Gasteiger partial charge in [-0.1, -0.05) is 29.8 Å². The van der Waals surface area contributed by atoms with Crippen molar-refractivity contribution < 1.29 is 0 Å². The Labute approximate surface area is 94.0 Å². The molecule has 1 aromatic rings. The third-order valence-corrected chi connectivity index (χ3v) is 3.25. The lowest BCUT2D eigenvalue weighted by Crippen LogP contribution is -2.31. The molecule has 0 unspecified atom stereocenters. The van der Waals surface area contributed by atoms with Crippen LogP contribution < -0.4 is 5.32 Å². The van der Waals surface area contributed by atoms with Crippen LogP contribution in [0.15, 0.2) is 16.6 Å². The highest BCUT2D eigenvalue weighted by Crippen LogP contribution is 2.35. The summed E-state index contributed by atoms with van der Waals surface area (Å²) >= 11 is 3.55. The second-order valence-electron chi connectivity index (χ2n) is 4.95. The highest BCUT2D eigenvalue weighted by Gasteiger charge is 2.25. The van der Waals surface area contributed by atoms with Gasteiger partial charge >= 0.3 is 0 Å². The van der Waals surface area contributed by atoms with E-state index in [4.69, 9.17) is 0 Å². The van der Waals surface area contributed by atoms with Crippen LogP contribution in [0.2, 0.25) is 0 Å². The first-order valence-electron chi connectivity index (χ1n) is 5.01. The summed E-state index contributed by atoms with van der Waals surface area (Å²) in [6.07, 6.45) is 1.16. The third kappa shape index (κ3) is 1.81. The normalized spacial score (nSPS) is 18.6. The molecule has 0 saturated carbocycles. The third-order valence-electron chi connectivity index (χ3n) is 2.79. The van der Waals surface area contributed by atoms with Gasteiger partial charge in [0.05, 0.1) is 0 Å². The van der Waals surface area contributed by atoms with Crippen molar-refractivity contribution in [1.29, 1.82) is 0 Å². The number of halogens is 1. The second kappa shape index (κ2) is 3.27. The molecule has 14 heavy (non-hydrogen) atoms. The summed E-state index contributed by atoms with van der Waals surface area (Å²) in [5.41, 5.74) is 4.49. The molecule has 1 nitrogen and oxygen atoms in total. The molecular formula is C12H16BrN. The number of hydrogen-bond acceptors (Lipinski definition) is 1. The Morgan fingerprint density at radius 2 is 2.07 bits per heavy atom. The van der Waals surface area contributed by atoms with E-state index in [1.807, 2.05) is 0 Å². The minimum atomic E-state index is 0.375. The number of rotatable bonds is 0. The lowest BCUT2D eigenvalue weighted by Gasteiger charge is -2.33. The van der Waals surface area contributed by atoms with Crippen LogP contribution in [0.4, 0.5) is 5.69 Å². The molecule has 1 heterocycles. The highest BCUT2D eigenvalue weighted by atomic mass is 79.9. The highest BCUT2D eigenvalue weighted by molar-refractivity contribution is 9.10. The van der Waals surface area contributed by atoms with Crippen LogP contribution in [0.1, 0.15) is 25.0 Å². The van der Waals surface area contributed by atoms with Gasteiger partial charge < -0.3 is 5.32 Å². The quantitative estimate of drug-likeness (QED) is 0.743. The summed E-state index contributed by atoms with van der Waals surface area (Å²) in [5, 5.41) is 3.53. The van der Waals surface area contributed by atoms with Crippen LogP contribution in [0.5, 0.6) is 0 Å². The number of anilines is 1. The van der Waals surface area contributed by atoms with Crippen molar-refractivity contribution in [1.82, 2.24) is 0 Å². The molecule has 0 aliphatic carbocycles. The SMILES string of the molecule is Cc1cc(Br)cc2c1NCC(C)(C)C2. The summed E-state index contributed by atoms with van der Waals surface area (Å²) in [6.45, 7) is 7.84. The predicted molar refractivity (Wildman–Crippen MR) is 64.9 cm³/mol. The molecule has 0 saturated heterocycles. The maximum atomic E-state index is 3.55. The van der Waals surface area contributed by atoms with Gasteiger partial charge in [0, 0.05) is 16.7 Å². The first-order chi connectivity index (χ1) is 6.48. The lowest BCUT2D eigenvalue weighted by atomic mass is 9.81. The van der Waals surface area contributed by atoms with Gasteiger partial charge in [-0.2, -0.15) is 0 Å². The van der Waals surface area contributed by atoms with Crippen molar-refractivity contribution in [2.75, 3.05) is 11.9 Å². The number of benzene rings is 1. The summed E-state index contributed by atoms with van der Waals surface area (Å²) in [4.78, 5) is 0. The van der Waals surface area contributed by atoms with Gasteiger partial charge in [-0.05, 0) is 42.0 Å². The Morgan fingerprint density at radius 3 is 2.79 bits per heavy atom. The molecule has 1 aromatic carbocycles. The molecule has 76 valence electrons. The van der Waals surface area contributed by atoms with Crippen LogP contribution in [0.25, 0.3) is 0 Å². The molecule has 2 rings (SSSR count). The van der Waals surface area contributed by atoms with Crippen molar-refractivity contribution >= 4 is 21.6 Å². The van der Waals surface area contributed by atoms with E-state index in [-0.39, 0.29) is 0 Å². The van der Waals surface area contributed by atoms with Gasteiger partial charge in [-0.25, -0.2) is 0 Å². The van der Waals surface area contributed by atoms with Crippen molar-refractivity contribution in [2.24, 2.45) is 5.41 Å². The summed E-state index contributed by atoms with van der Waals surface area (Å²) in [6, 6.07) is 4.40. The molecule has 0 amide bonds. The fraction of sp³-hybridized carbons (Fsp3) is 0.500. The standard InChI is InChI=1S/C12H16BrN/c1-8-4-10(13)5-9-6-12(2,3)7-14-11(8)9/h4-5,14H,6-7H2,1-3H3. The van der Waals surface area contributed by atoms with Crippen molar-refractivity contribution in [3.8, 4) is 0 Å². The summed E-state index contributed by atoms with van der Waals surface area (Å²) < 4.78 is 1.19. The monoisotopic (exact) mass is 253 g/mol. The van der Waals surface area contributed by atoms with Gasteiger partial charge in [-0.3, -0.25) is 0 Å². The molecule has 1 aliphatic heterocycles. The van der Waals surface area contributed by atoms with Crippen LogP contribution in [-0.2, 0) is 6.42 Å². The van der Waals surface area contributed by atoms with Crippen LogP contribution in [0, 0.1) is 12.3 Å². The fourth-order valence-electron chi connectivity index (χ4n) is 2.11. The zero-order valence-corrected chi connectivity index (χ0v) is 10.5. The van der Waals surface area contributed by atoms with Gasteiger partial charge in [0.2, 0.25) is 0 Å². The Balaban J connectivity index is 2.47. The molecular weight excluding hydrogens is 238 g/mol. The number of nitrogens with one attached hydrogen (secondary N) is 1. The van der Waals surface area contributed by atoms with E-state index in [0.29, 0.717) is 5.41 Å². The molecule has 2 heteroatoms. The second-order valence-corrected chi connectivity index (χ2v) is 5.87. The predicted octanol–water partition coefficient (Wildman–Crippen LogP) is 3.75.